The van der Waals surface area contributed by atoms with Gasteiger partial charge < -0.3 is 15.4 Å². The summed E-state index contributed by atoms with van der Waals surface area (Å²) in [6.07, 6.45) is -4.13. The van der Waals surface area contributed by atoms with Gasteiger partial charge in [0.2, 0.25) is 0 Å². The van der Waals surface area contributed by atoms with E-state index in [2.05, 4.69) is 4.74 Å². The maximum atomic E-state index is 12.7. The molecule has 4 nitrogen and oxygen atoms in total. The number of benzene rings is 2. The lowest BCUT2D eigenvalue weighted by molar-refractivity contribution is -0.274. The molecule has 0 aromatic heterocycles. The zero-order chi connectivity index (χ0) is 18.3. The van der Waals surface area contributed by atoms with Crippen molar-refractivity contribution in [2.24, 2.45) is 5.73 Å². The molecule has 7 heteroatoms. The van der Waals surface area contributed by atoms with Gasteiger partial charge in [-0.1, -0.05) is 30.3 Å². The second kappa shape index (κ2) is 8.53. The molecule has 0 bridgehead atoms. The summed E-state index contributed by atoms with van der Waals surface area (Å²) in [5.41, 5.74) is 6.78. The van der Waals surface area contributed by atoms with Crippen molar-refractivity contribution in [1.29, 1.82) is 0 Å². The van der Waals surface area contributed by atoms with Crippen molar-refractivity contribution in [3.05, 3.63) is 65.7 Å². The van der Waals surface area contributed by atoms with Gasteiger partial charge >= 0.3 is 6.36 Å². The third kappa shape index (κ3) is 6.11. The molecule has 0 saturated heterocycles. The number of alkyl halides is 3. The van der Waals surface area contributed by atoms with Crippen LogP contribution in [0, 0.1) is 0 Å². The van der Waals surface area contributed by atoms with Crippen LogP contribution in [-0.2, 0) is 6.54 Å². The van der Waals surface area contributed by atoms with E-state index in [1.165, 1.54) is 12.1 Å². The van der Waals surface area contributed by atoms with Crippen LogP contribution in [-0.4, -0.2) is 30.3 Å². The zero-order valence-electron chi connectivity index (χ0n) is 13.5. The summed E-state index contributed by atoms with van der Waals surface area (Å²) in [5, 5.41) is 0. The highest BCUT2D eigenvalue weighted by Crippen LogP contribution is 2.23. The fraction of sp³-hybridized carbons (Fsp3) is 0.278. The fourth-order valence-corrected chi connectivity index (χ4v) is 2.32. The van der Waals surface area contributed by atoms with E-state index < -0.39 is 6.36 Å². The van der Waals surface area contributed by atoms with Crippen LogP contribution < -0.4 is 10.5 Å². The molecule has 0 aliphatic rings. The van der Waals surface area contributed by atoms with Gasteiger partial charge in [-0.05, 0) is 42.8 Å². The normalized spacial score (nSPS) is 11.2. The highest BCUT2D eigenvalue weighted by molar-refractivity contribution is 5.94. The van der Waals surface area contributed by atoms with Crippen LogP contribution in [0.5, 0.6) is 5.75 Å². The first-order valence-electron chi connectivity index (χ1n) is 7.78. The second-order valence-electron chi connectivity index (χ2n) is 5.43. The Kier molecular flexibility index (Phi) is 6.41. The lowest BCUT2D eigenvalue weighted by Crippen LogP contribution is -2.32. The highest BCUT2D eigenvalue weighted by Gasteiger charge is 2.31. The highest BCUT2D eigenvalue weighted by atomic mass is 19.4. The molecule has 0 atom stereocenters. The van der Waals surface area contributed by atoms with Crippen LogP contribution in [0.2, 0.25) is 0 Å². The predicted octanol–water partition coefficient (Wildman–Crippen LogP) is 3.58. The molecule has 2 aromatic rings. The minimum atomic E-state index is -4.76. The molecule has 1 amide bonds. The summed E-state index contributed by atoms with van der Waals surface area (Å²) < 4.78 is 40.4. The van der Waals surface area contributed by atoms with Crippen LogP contribution in [0.4, 0.5) is 13.2 Å². The zero-order valence-corrected chi connectivity index (χ0v) is 13.5. The van der Waals surface area contributed by atoms with Crippen molar-refractivity contribution in [3.63, 3.8) is 0 Å². The van der Waals surface area contributed by atoms with Crippen LogP contribution in [0.15, 0.2) is 54.6 Å². The van der Waals surface area contributed by atoms with Crippen molar-refractivity contribution >= 4 is 5.91 Å². The molecule has 2 N–H and O–H groups in total. The van der Waals surface area contributed by atoms with Crippen molar-refractivity contribution in [2.45, 2.75) is 19.3 Å². The van der Waals surface area contributed by atoms with Gasteiger partial charge in [0, 0.05) is 18.7 Å². The number of nitrogens with zero attached hydrogens (tertiary/aromatic N) is 1. The van der Waals surface area contributed by atoms with Gasteiger partial charge in [0.05, 0.1) is 0 Å². The lowest BCUT2D eigenvalue weighted by atomic mass is 10.1. The second-order valence-corrected chi connectivity index (χ2v) is 5.43. The van der Waals surface area contributed by atoms with E-state index in [0.717, 1.165) is 17.7 Å². The smallest absolute Gasteiger partial charge is 0.406 e. The van der Waals surface area contributed by atoms with Gasteiger partial charge in [0.25, 0.3) is 5.91 Å². The first-order valence-corrected chi connectivity index (χ1v) is 7.78. The average molecular weight is 352 g/mol. The molecule has 2 rings (SSSR count). The summed E-state index contributed by atoms with van der Waals surface area (Å²) in [6, 6.07) is 14.4. The van der Waals surface area contributed by atoms with Crippen LogP contribution in [0.3, 0.4) is 0 Å². The van der Waals surface area contributed by atoms with Crippen molar-refractivity contribution in [3.8, 4) is 5.75 Å². The topological polar surface area (TPSA) is 55.6 Å². The van der Waals surface area contributed by atoms with Crippen molar-refractivity contribution in [2.75, 3.05) is 13.1 Å². The molecule has 0 aliphatic carbocycles. The largest absolute Gasteiger partial charge is 0.573 e. The first-order chi connectivity index (χ1) is 11.9. The van der Waals surface area contributed by atoms with E-state index in [9.17, 15) is 18.0 Å². The van der Waals surface area contributed by atoms with E-state index >= 15 is 0 Å². The van der Waals surface area contributed by atoms with E-state index in [4.69, 9.17) is 5.73 Å². The Labute approximate surface area is 144 Å². The molecule has 0 saturated carbocycles. The molecule has 0 spiro atoms. The minimum Gasteiger partial charge on any atom is -0.406 e. The monoisotopic (exact) mass is 352 g/mol. The summed E-state index contributed by atoms with van der Waals surface area (Å²) in [5.74, 6) is -0.628. The van der Waals surface area contributed by atoms with Gasteiger partial charge in [-0.15, -0.1) is 13.2 Å². The third-order valence-electron chi connectivity index (χ3n) is 3.47. The molecule has 0 heterocycles. The van der Waals surface area contributed by atoms with Gasteiger partial charge in [0.15, 0.2) is 0 Å². The number of amides is 1. The molecule has 25 heavy (non-hydrogen) atoms. The van der Waals surface area contributed by atoms with Crippen LogP contribution in [0.1, 0.15) is 22.3 Å². The number of carbonyl (C=O) groups excluding carboxylic acids is 1. The molecule has 0 unspecified atom stereocenters. The number of carbonyl (C=O) groups is 1. The Balaban J connectivity index is 2.12. The molecule has 134 valence electrons. The van der Waals surface area contributed by atoms with Gasteiger partial charge in [-0.3, -0.25) is 4.79 Å². The molecule has 2 aromatic carbocycles. The SMILES string of the molecule is NCCCN(Cc1ccccc1)C(=O)c1ccc(OC(F)(F)F)cc1. The maximum Gasteiger partial charge on any atom is 0.573 e. The molecular formula is C18H19F3N2O2. The molecular weight excluding hydrogens is 333 g/mol. The Morgan fingerprint density at radius 3 is 2.24 bits per heavy atom. The van der Waals surface area contributed by atoms with Gasteiger partial charge in [-0.25, -0.2) is 0 Å². The lowest BCUT2D eigenvalue weighted by Gasteiger charge is -2.23. The predicted molar refractivity (Wildman–Crippen MR) is 88.0 cm³/mol. The van der Waals surface area contributed by atoms with Crippen molar-refractivity contribution < 1.29 is 22.7 Å². The van der Waals surface area contributed by atoms with Crippen LogP contribution >= 0.6 is 0 Å². The number of nitrogens with two attached hydrogens (primary N) is 1. The van der Waals surface area contributed by atoms with E-state index in [0.29, 0.717) is 31.6 Å². The molecule has 0 aliphatic heterocycles. The fourth-order valence-electron chi connectivity index (χ4n) is 2.32. The maximum absolute atomic E-state index is 12.7. The number of ether oxygens (including phenoxy) is 1. The van der Waals surface area contributed by atoms with E-state index in [1.54, 1.807) is 4.90 Å². The molecule has 0 radical (unpaired) electrons. The van der Waals surface area contributed by atoms with Gasteiger partial charge in [-0.2, -0.15) is 0 Å². The number of hydrogen-bond donors (Lipinski definition) is 1. The summed E-state index contributed by atoms with van der Waals surface area (Å²) in [6.45, 7) is 1.31. The minimum absolute atomic E-state index is 0.268. The number of hydrogen-bond acceptors (Lipinski definition) is 3. The third-order valence-corrected chi connectivity index (χ3v) is 3.47. The first kappa shape index (κ1) is 18.8. The van der Waals surface area contributed by atoms with E-state index in [1.807, 2.05) is 30.3 Å². The Hall–Kier alpha value is -2.54. The Morgan fingerprint density at radius 1 is 1.04 bits per heavy atom. The Morgan fingerprint density at radius 2 is 1.68 bits per heavy atom. The average Bonchev–Trinajstić information content (AvgIpc) is 2.58. The quantitative estimate of drug-likeness (QED) is 0.829. The van der Waals surface area contributed by atoms with E-state index in [-0.39, 0.29) is 11.7 Å². The number of rotatable bonds is 7. The van der Waals surface area contributed by atoms with Gasteiger partial charge in [0.1, 0.15) is 5.75 Å². The summed E-state index contributed by atoms with van der Waals surface area (Å²) in [7, 11) is 0. The standard InChI is InChI=1S/C18H19F3N2O2/c19-18(20,21)25-16-9-7-15(8-10-16)17(24)23(12-4-11-22)13-14-5-2-1-3-6-14/h1-3,5-10H,4,11-13,22H2. The Bertz CT molecular complexity index is 673. The number of halogens is 3. The van der Waals surface area contributed by atoms with Crippen LogP contribution in [0.25, 0.3) is 0 Å². The summed E-state index contributed by atoms with van der Waals surface area (Å²) in [4.78, 5) is 14.3. The van der Waals surface area contributed by atoms with Crippen molar-refractivity contribution in [1.82, 2.24) is 4.90 Å². The molecule has 0 fully saturated rings. The summed E-state index contributed by atoms with van der Waals surface area (Å²) >= 11 is 0.